The van der Waals surface area contributed by atoms with E-state index in [9.17, 15) is 0 Å². The van der Waals surface area contributed by atoms with Crippen molar-refractivity contribution >= 4 is 0 Å². The number of hydrogen-bond donors (Lipinski definition) is 1. The Kier molecular flexibility index (Phi) is 5.62. The van der Waals surface area contributed by atoms with Gasteiger partial charge in [0.2, 0.25) is 0 Å². The summed E-state index contributed by atoms with van der Waals surface area (Å²) in [5.74, 6) is 0. The zero-order valence-corrected chi connectivity index (χ0v) is 13.6. The molecule has 2 nitrogen and oxygen atoms in total. The number of hydrogen-bond acceptors (Lipinski definition) is 2. The van der Waals surface area contributed by atoms with Crippen LogP contribution in [-0.4, -0.2) is 30.6 Å². The number of nitrogens with one attached hydrogen (secondary N) is 1. The number of piperidine rings is 1. The van der Waals surface area contributed by atoms with Crippen molar-refractivity contribution in [3.63, 3.8) is 0 Å². The van der Waals surface area contributed by atoms with Crippen LogP contribution in [0, 0.1) is 13.8 Å². The van der Waals surface area contributed by atoms with Crippen LogP contribution in [-0.2, 0) is 0 Å². The molecule has 2 rings (SSSR count). The van der Waals surface area contributed by atoms with Gasteiger partial charge in [-0.05, 0) is 64.8 Å². The Morgan fingerprint density at radius 2 is 1.80 bits per heavy atom. The number of rotatable bonds is 5. The van der Waals surface area contributed by atoms with Gasteiger partial charge in [-0.3, -0.25) is 0 Å². The molecule has 0 amide bonds. The molecule has 0 aromatic heterocycles. The smallest absolute Gasteiger partial charge is 0.0297 e. The Hall–Kier alpha value is -0.860. The molecule has 20 heavy (non-hydrogen) atoms. The summed E-state index contributed by atoms with van der Waals surface area (Å²) in [6.07, 6.45) is 4.16. The Balaban J connectivity index is 1.89. The molecule has 1 aliphatic heterocycles. The fraction of sp³-hybridized carbons (Fsp3) is 0.667. The van der Waals surface area contributed by atoms with E-state index in [-0.39, 0.29) is 0 Å². The summed E-state index contributed by atoms with van der Waals surface area (Å²) < 4.78 is 0. The summed E-state index contributed by atoms with van der Waals surface area (Å²) in [5.41, 5.74) is 4.18. The van der Waals surface area contributed by atoms with Crippen molar-refractivity contribution in [1.82, 2.24) is 10.2 Å². The topological polar surface area (TPSA) is 15.3 Å². The third-order valence-electron chi connectivity index (χ3n) is 4.42. The van der Waals surface area contributed by atoms with Crippen LogP contribution in [0.25, 0.3) is 0 Å². The van der Waals surface area contributed by atoms with Gasteiger partial charge < -0.3 is 10.2 Å². The molecule has 112 valence electrons. The molecule has 0 bridgehead atoms. The summed E-state index contributed by atoms with van der Waals surface area (Å²) >= 11 is 0. The zero-order chi connectivity index (χ0) is 14.5. The summed E-state index contributed by atoms with van der Waals surface area (Å²) in [6.45, 7) is 12.7. The number of aryl methyl sites for hydroxylation is 2. The maximum atomic E-state index is 3.77. The fourth-order valence-electron chi connectivity index (χ4n) is 3.32. The van der Waals surface area contributed by atoms with Crippen molar-refractivity contribution in [2.75, 3.05) is 19.6 Å². The van der Waals surface area contributed by atoms with Crippen molar-refractivity contribution in [2.45, 2.75) is 59.0 Å². The van der Waals surface area contributed by atoms with Crippen LogP contribution >= 0.6 is 0 Å². The SMILES string of the molecule is Cc1ccc(C)c(C(C)NC(C)CN2CCCCC2)c1. The van der Waals surface area contributed by atoms with Gasteiger partial charge in [-0.2, -0.15) is 0 Å². The average Bonchev–Trinajstić information content (AvgIpc) is 2.42. The molecule has 1 N–H and O–H groups in total. The lowest BCUT2D eigenvalue weighted by molar-refractivity contribution is 0.205. The minimum atomic E-state index is 0.426. The summed E-state index contributed by atoms with van der Waals surface area (Å²) in [6, 6.07) is 7.72. The zero-order valence-electron chi connectivity index (χ0n) is 13.6. The van der Waals surface area contributed by atoms with E-state index in [2.05, 4.69) is 56.1 Å². The maximum absolute atomic E-state index is 3.77. The van der Waals surface area contributed by atoms with Crippen molar-refractivity contribution < 1.29 is 0 Å². The van der Waals surface area contributed by atoms with Crippen LogP contribution in [0.1, 0.15) is 55.8 Å². The highest BCUT2D eigenvalue weighted by Gasteiger charge is 2.16. The molecule has 2 atom stereocenters. The lowest BCUT2D eigenvalue weighted by atomic mass is 9.99. The molecular formula is C18H30N2. The second kappa shape index (κ2) is 7.24. The Labute approximate surface area is 124 Å². The normalized spacial score (nSPS) is 19.8. The number of benzene rings is 1. The first-order valence-corrected chi connectivity index (χ1v) is 8.12. The van der Waals surface area contributed by atoms with Gasteiger partial charge in [0.25, 0.3) is 0 Å². The molecule has 2 heteroatoms. The summed E-state index contributed by atoms with van der Waals surface area (Å²) in [7, 11) is 0. The second-order valence-electron chi connectivity index (χ2n) is 6.51. The van der Waals surface area contributed by atoms with Gasteiger partial charge in [0.1, 0.15) is 0 Å². The molecule has 0 spiro atoms. The highest BCUT2D eigenvalue weighted by Crippen LogP contribution is 2.19. The van der Waals surface area contributed by atoms with Crippen molar-refractivity contribution in [3.8, 4) is 0 Å². The molecule has 0 radical (unpaired) electrons. The van der Waals surface area contributed by atoms with Gasteiger partial charge in [0, 0.05) is 18.6 Å². The highest BCUT2D eigenvalue weighted by molar-refractivity contribution is 5.32. The van der Waals surface area contributed by atoms with E-state index >= 15 is 0 Å². The number of likely N-dealkylation sites (tertiary alicyclic amines) is 1. The van der Waals surface area contributed by atoms with E-state index in [0.717, 1.165) is 0 Å². The van der Waals surface area contributed by atoms with E-state index < -0.39 is 0 Å². The van der Waals surface area contributed by atoms with E-state index in [1.165, 1.54) is 55.6 Å². The summed E-state index contributed by atoms with van der Waals surface area (Å²) in [4.78, 5) is 2.61. The Morgan fingerprint density at radius 1 is 1.10 bits per heavy atom. The molecular weight excluding hydrogens is 244 g/mol. The highest BCUT2D eigenvalue weighted by atomic mass is 15.2. The van der Waals surface area contributed by atoms with E-state index in [1.54, 1.807) is 0 Å². The molecule has 2 unspecified atom stereocenters. The quantitative estimate of drug-likeness (QED) is 0.878. The molecule has 1 aromatic carbocycles. The average molecular weight is 274 g/mol. The van der Waals surface area contributed by atoms with E-state index in [0.29, 0.717) is 12.1 Å². The molecule has 1 saturated heterocycles. The summed E-state index contributed by atoms with van der Waals surface area (Å²) in [5, 5.41) is 3.77. The van der Waals surface area contributed by atoms with Gasteiger partial charge in [-0.25, -0.2) is 0 Å². The van der Waals surface area contributed by atoms with E-state index in [1.807, 2.05) is 0 Å². The fourth-order valence-corrected chi connectivity index (χ4v) is 3.32. The van der Waals surface area contributed by atoms with E-state index in [4.69, 9.17) is 0 Å². The van der Waals surface area contributed by atoms with Crippen LogP contribution < -0.4 is 5.32 Å². The van der Waals surface area contributed by atoms with Gasteiger partial charge in [0.05, 0.1) is 0 Å². The lowest BCUT2D eigenvalue weighted by Gasteiger charge is -2.31. The predicted octanol–water partition coefficient (Wildman–Crippen LogP) is 3.83. The molecule has 0 saturated carbocycles. The van der Waals surface area contributed by atoms with Crippen molar-refractivity contribution in [2.24, 2.45) is 0 Å². The first-order chi connectivity index (χ1) is 9.56. The molecule has 0 aliphatic carbocycles. The first kappa shape index (κ1) is 15.5. The molecule has 1 aromatic rings. The minimum Gasteiger partial charge on any atom is -0.306 e. The van der Waals surface area contributed by atoms with Gasteiger partial charge in [-0.15, -0.1) is 0 Å². The molecule has 1 aliphatic rings. The van der Waals surface area contributed by atoms with Gasteiger partial charge >= 0.3 is 0 Å². The van der Waals surface area contributed by atoms with Crippen LogP contribution in [0.15, 0.2) is 18.2 Å². The third-order valence-corrected chi connectivity index (χ3v) is 4.42. The van der Waals surface area contributed by atoms with Gasteiger partial charge in [-0.1, -0.05) is 30.2 Å². The predicted molar refractivity (Wildman–Crippen MR) is 87.2 cm³/mol. The third kappa shape index (κ3) is 4.32. The largest absolute Gasteiger partial charge is 0.306 e. The minimum absolute atomic E-state index is 0.426. The van der Waals surface area contributed by atoms with Crippen LogP contribution in [0.2, 0.25) is 0 Å². The van der Waals surface area contributed by atoms with Crippen LogP contribution in [0.4, 0.5) is 0 Å². The van der Waals surface area contributed by atoms with Crippen molar-refractivity contribution in [3.05, 3.63) is 34.9 Å². The van der Waals surface area contributed by atoms with Crippen molar-refractivity contribution in [1.29, 1.82) is 0 Å². The standard InChI is InChI=1S/C18H30N2/c1-14-8-9-15(2)18(12-14)17(4)19-16(3)13-20-10-6-5-7-11-20/h8-9,12,16-17,19H,5-7,10-11,13H2,1-4H3. The lowest BCUT2D eigenvalue weighted by Crippen LogP contribution is -2.42. The number of nitrogens with zero attached hydrogens (tertiary/aromatic N) is 1. The molecule has 1 heterocycles. The maximum Gasteiger partial charge on any atom is 0.0297 e. The monoisotopic (exact) mass is 274 g/mol. The van der Waals surface area contributed by atoms with Crippen LogP contribution in [0.3, 0.4) is 0 Å². The Bertz CT molecular complexity index is 421. The second-order valence-corrected chi connectivity index (χ2v) is 6.51. The molecule has 1 fully saturated rings. The van der Waals surface area contributed by atoms with Gasteiger partial charge in [0.15, 0.2) is 0 Å². The van der Waals surface area contributed by atoms with Crippen LogP contribution in [0.5, 0.6) is 0 Å². The first-order valence-electron chi connectivity index (χ1n) is 8.12. The Morgan fingerprint density at radius 3 is 2.50 bits per heavy atom.